The molecule has 3 aromatic carbocycles. The maximum absolute atomic E-state index is 14.0. The second-order valence-corrected chi connectivity index (χ2v) is 10.5. The fourth-order valence-corrected chi connectivity index (χ4v) is 5.79. The van der Waals surface area contributed by atoms with Crippen molar-refractivity contribution in [3.63, 3.8) is 0 Å². The Bertz CT molecular complexity index is 1510. The zero-order valence-electron chi connectivity index (χ0n) is 22.4. The number of carbonyl (C=O) groups excluding carboxylic acids is 2. The molecule has 1 aromatic heterocycles. The third kappa shape index (κ3) is 5.68. The van der Waals surface area contributed by atoms with Crippen molar-refractivity contribution in [3.8, 4) is 16.3 Å². The standard InChI is InChI=1S/C32H30N2O5S/c1-21-30(40-31(33-21)24-12-7-4-8-13-24)28(35)26-27(34(18-9-19-38-2)32(37)29(26)36)23-14-16-25(17-15-23)39-20-22-10-5-3-6-11-22/h3-8,10-17,27,36H,9,18-20H2,1-2H3. The maximum Gasteiger partial charge on any atom is 0.290 e. The Morgan fingerprint density at radius 1 is 1.00 bits per heavy atom. The normalized spacial score (nSPS) is 15.1. The topological polar surface area (TPSA) is 89.0 Å². The number of nitrogens with zero attached hydrogens (tertiary/aromatic N) is 2. The average Bonchev–Trinajstić information content (AvgIpc) is 3.50. The van der Waals surface area contributed by atoms with E-state index in [0.29, 0.717) is 53.1 Å². The Morgan fingerprint density at radius 2 is 1.68 bits per heavy atom. The van der Waals surface area contributed by atoms with Crippen LogP contribution in [0.5, 0.6) is 5.75 Å². The summed E-state index contributed by atoms with van der Waals surface area (Å²) in [4.78, 5) is 33.8. The van der Waals surface area contributed by atoms with Gasteiger partial charge < -0.3 is 19.5 Å². The van der Waals surface area contributed by atoms with E-state index >= 15 is 0 Å². The first-order valence-electron chi connectivity index (χ1n) is 13.0. The van der Waals surface area contributed by atoms with Gasteiger partial charge in [0.2, 0.25) is 5.78 Å². The second-order valence-electron chi connectivity index (χ2n) is 9.48. The van der Waals surface area contributed by atoms with Gasteiger partial charge in [0.25, 0.3) is 5.91 Å². The van der Waals surface area contributed by atoms with Crippen molar-refractivity contribution in [3.05, 3.63) is 118 Å². The molecule has 0 saturated heterocycles. The van der Waals surface area contributed by atoms with Crippen molar-refractivity contribution in [2.45, 2.75) is 26.0 Å². The highest BCUT2D eigenvalue weighted by atomic mass is 32.1. The quantitative estimate of drug-likeness (QED) is 0.173. The maximum atomic E-state index is 14.0. The van der Waals surface area contributed by atoms with Crippen LogP contribution in [0.1, 0.15) is 39.0 Å². The van der Waals surface area contributed by atoms with Crippen LogP contribution in [0.25, 0.3) is 10.6 Å². The molecule has 0 bridgehead atoms. The lowest BCUT2D eigenvalue weighted by atomic mass is 9.95. The number of thiazole rings is 1. The molecule has 5 rings (SSSR count). The van der Waals surface area contributed by atoms with E-state index in [9.17, 15) is 14.7 Å². The minimum Gasteiger partial charge on any atom is -0.503 e. The molecule has 204 valence electrons. The Balaban J connectivity index is 1.45. The highest BCUT2D eigenvalue weighted by Gasteiger charge is 2.44. The predicted molar refractivity (Wildman–Crippen MR) is 154 cm³/mol. The van der Waals surface area contributed by atoms with Crippen LogP contribution in [0.3, 0.4) is 0 Å². The molecule has 1 unspecified atom stereocenters. The number of amides is 1. The first kappa shape index (κ1) is 27.3. The third-order valence-corrected chi connectivity index (χ3v) is 7.97. The molecule has 1 N–H and O–H groups in total. The van der Waals surface area contributed by atoms with Crippen LogP contribution >= 0.6 is 11.3 Å². The summed E-state index contributed by atoms with van der Waals surface area (Å²) in [7, 11) is 1.60. The highest BCUT2D eigenvalue weighted by Crippen LogP contribution is 2.41. The SMILES string of the molecule is COCCCN1C(=O)C(O)=C(C(=O)c2sc(-c3ccccc3)nc2C)C1c1ccc(OCc2ccccc2)cc1. The average molecular weight is 555 g/mol. The van der Waals surface area contributed by atoms with Crippen molar-refractivity contribution in [2.75, 3.05) is 20.3 Å². The van der Waals surface area contributed by atoms with Gasteiger partial charge in [-0.05, 0) is 36.6 Å². The molecule has 0 fully saturated rings. The van der Waals surface area contributed by atoms with Crippen molar-refractivity contribution < 1.29 is 24.2 Å². The van der Waals surface area contributed by atoms with Gasteiger partial charge in [0.1, 0.15) is 17.4 Å². The van der Waals surface area contributed by atoms with E-state index in [1.165, 1.54) is 16.2 Å². The van der Waals surface area contributed by atoms with Gasteiger partial charge >= 0.3 is 0 Å². The second kappa shape index (κ2) is 12.3. The summed E-state index contributed by atoms with van der Waals surface area (Å²) < 4.78 is 11.1. The summed E-state index contributed by atoms with van der Waals surface area (Å²) in [6.45, 7) is 2.96. The van der Waals surface area contributed by atoms with Gasteiger partial charge in [-0.1, -0.05) is 72.8 Å². The Kier molecular flexibility index (Phi) is 8.38. The number of Topliss-reactive ketones (excluding diaryl/α,β-unsaturated/α-hetero) is 1. The zero-order valence-corrected chi connectivity index (χ0v) is 23.2. The van der Waals surface area contributed by atoms with Crippen LogP contribution in [0.15, 0.2) is 96.3 Å². The van der Waals surface area contributed by atoms with E-state index in [2.05, 4.69) is 4.98 Å². The van der Waals surface area contributed by atoms with Crippen LogP contribution in [0.2, 0.25) is 0 Å². The van der Waals surface area contributed by atoms with Gasteiger partial charge in [0.15, 0.2) is 5.76 Å². The van der Waals surface area contributed by atoms with Crippen LogP contribution in [-0.4, -0.2) is 46.9 Å². The zero-order chi connectivity index (χ0) is 28.1. The summed E-state index contributed by atoms with van der Waals surface area (Å²) >= 11 is 1.26. The summed E-state index contributed by atoms with van der Waals surface area (Å²) in [5.41, 5.74) is 3.28. The summed E-state index contributed by atoms with van der Waals surface area (Å²) in [6.07, 6.45) is 0.559. The smallest absolute Gasteiger partial charge is 0.290 e. The van der Waals surface area contributed by atoms with Gasteiger partial charge in [-0.25, -0.2) is 4.98 Å². The lowest BCUT2D eigenvalue weighted by Crippen LogP contribution is -2.32. The number of aliphatic hydroxyl groups is 1. The van der Waals surface area contributed by atoms with Crippen LogP contribution < -0.4 is 4.74 Å². The fraction of sp³-hybridized carbons (Fsp3) is 0.219. The highest BCUT2D eigenvalue weighted by molar-refractivity contribution is 7.17. The minimum atomic E-state index is -0.748. The van der Waals surface area contributed by atoms with E-state index in [1.807, 2.05) is 84.9 Å². The fourth-order valence-electron chi connectivity index (χ4n) is 4.76. The third-order valence-electron chi connectivity index (χ3n) is 6.76. The van der Waals surface area contributed by atoms with E-state index < -0.39 is 23.5 Å². The molecule has 1 amide bonds. The number of hydrogen-bond donors (Lipinski definition) is 1. The molecule has 40 heavy (non-hydrogen) atoms. The van der Waals surface area contributed by atoms with Gasteiger partial charge in [-0.3, -0.25) is 9.59 Å². The number of ether oxygens (including phenoxy) is 2. The van der Waals surface area contributed by atoms with Crippen LogP contribution in [0.4, 0.5) is 0 Å². The number of methoxy groups -OCH3 is 1. The monoisotopic (exact) mass is 554 g/mol. The van der Waals surface area contributed by atoms with E-state index in [4.69, 9.17) is 9.47 Å². The first-order chi connectivity index (χ1) is 19.5. The van der Waals surface area contributed by atoms with Crippen molar-refractivity contribution in [1.82, 2.24) is 9.88 Å². The molecule has 1 atom stereocenters. The number of aliphatic hydroxyl groups excluding tert-OH is 1. The van der Waals surface area contributed by atoms with Crippen molar-refractivity contribution >= 4 is 23.0 Å². The predicted octanol–water partition coefficient (Wildman–Crippen LogP) is 6.31. The van der Waals surface area contributed by atoms with E-state index in [1.54, 1.807) is 14.0 Å². The Hall–Kier alpha value is -4.27. The summed E-state index contributed by atoms with van der Waals surface area (Å²) in [5, 5.41) is 11.7. The molecule has 4 aromatic rings. The van der Waals surface area contributed by atoms with Gasteiger partial charge in [0.05, 0.1) is 22.2 Å². The number of aryl methyl sites for hydroxylation is 1. The number of hydrogen-bond acceptors (Lipinski definition) is 7. The Morgan fingerprint density at radius 3 is 2.35 bits per heavy atom. The molecule has 1 aliphatic heterocycles. The molecule has 0 saturated carbocycles. The molecule has 0 aliphatic carbocycles. The number of aromatic nitrogens is 1. The molecule has 1 aliphatic rings. The number of ketones is 1. The van der Waals surface area contributed by atoms with E-state index in [-0.39, 0.29) is 5.57 Å². The van der Waals surface area contributed by atoms with Crippen LogP contribution in [-0.2, 0) is 16.1 Å². The van der Waals surface area contributed by atoms with Gasteiger partial charge in [-0.15, -0.1) is 11.3 Å². The van der Waals surface area contributed by atoms with Crippen molar-refractivity contribution in [2.24, 2.45) is 0 Å². The van der Waals surface area contributed by atoms with Crippen molar-refractivity contribution in [1.29, 1.82) is 0 Å². The molecular formula is C32H30N2O5S. The molecule has 0 spiro atoms. The lowest BCUT2D eigenvalue weighted by Gasteiger charge is -2.27. The van der Waals surface area contributed by atoms with Gasteiger partial charge in [0, 0.05) is 25.8 Å². The number of benzene rings is 3. The largest absolute Gasteiger partial charge is 0.503 e. The number of rotatable bonds is 11. The molecule has 0 radical (unpaired) electrons. The molecule has 7 nitrogen and oxygen atoms in total. The molecular weight excluding hydrogens is 524 g/mol. The van der Waals surface area contributed by atoms with Crippen LogP contribution in [0, 0.1) is 6.92 Å². The Labute approximate surface area is 237 Å². The van der Waals surface area contributed by atoms with E-state index in [0.717, 1.165) is 11.1 Å². The summed E-state index contributed by atoms with van der Waals surface area (Å²) in [6, 6.07) is 26.0. The molecule has 8 heteroatoms. The molecule has 2 heterocycles. The van der Waals surface area contributed by atoms with Gasteiger partial charge in [-0.2, -0.15) is 0 Å². The minimum absolute atomic E-state index is 0.0618. The first-order valence-corrected chi connectivity index (χ1v) is 13.9. The lowest BCUT2D eigenvalue weighted by molar-refractivity contribution is -0.129. The summed E-state index contributed by atoms with van der Waals surface area (Å²) in [5.74, 6) is -0.827. The number of carbonyl (C=O) groups is 2.